The first-order valence-corrected chi connectivity index (χ1v) is 6.50. The fraction of sp³-hybridized carbons (Fsp3) is 0.857. The van der Waals surface area contributed by atoms with Gasteiger partial charge in [0.25, 0.3) is 0 Å². The Labute approximate surface area is 103 Å². The van der Waals surface area contributed by atoms with E-state index in [-0.39, 0.29) is 0 Å². The van der Waals surface area contributed by atoms with Gasteiger partial charge >= 0.3 is 0 Å². The van der Waals surface area contributed by atoms with Gasteiger partial charge in [-0.1, -0.05) is 59.5 Å². The van der Waals surface area contributed by atoms with E-state index in [1.54, 1.807) is 14.0 Å². The molecular formula is C14H33NO. The van der Waals surface area contributed by atoms with Crippen LogP contribution in [-0.4, -0.2) is 13.7 Å². The summed E-state index contributed by atoms with van der Waals surface area (Å²) in [7, 11) is 1.60. The van der Waals surface area contributed by atoms with Gasteiger partial charge in [-0.25, -0.2) is 0 Å². The van der Waals surface area contributed by atoms with Crippen LogP contribution >= 0.6 is 0 Å². The molecule has 16 heavy (non-hydrogen) atoms. The summed E-state index contributed by atoms with van der Waals surface area (Å²) in [5.74, 6) is 0.755. The molecule has 0 aliphatic heterocycles. The van der Waals surface area contributed by atoms with Gasteiger partial charge in [0.1, 0.15) is 0 Å². The lowest BCUT2D eigenvalue weighted by atomic mass is 10.2. The highest BCUT2D eigenvalue weighted by Gasteiger charge is 1.83. The fourth-order valence-electron chi connectivity index (χ4n) is 0.748. The molecule has 2 nitrogen and oxygen atoms in total. The first kappa shape index (κ1) is 20.9. The second kappa shape index (κ2) is 24.0. The topological polar surface area (TPSA) is 35.2 Å². The van der Waals surface area contributed by atoms with Crippen LogP contribution in [0.5, 0.6) is 0 Å². The Morgan fingerprint density at radius 2 is 1.44 bits per heavy atom. The highest BCUT2D eigenvalue weighted by Crippen LogP contribution is 2.00. The van der Waals surface area contributed by atoms with Crippen molar-refractivity contribution in [2.24, 2.45) is 5.73 Å². The molecule has 0 unspecified atom stereocenters. The third kappa shape index (κ3) is 49.9. The van der Waals surface area contributed by atoms with Crippen molar-refractivity contribution in [3.63, 3.8) is 0 Å². The van der Waals surface area contributed by atoms with Gasteiger partial charge in [0, 0.05) is 0 Å². The molecule has 0 radical (unpaired) electrons. The SMILES string of the molecule is C=C(C)OC.CCC.CCCCCCCN. The predicted molar refractivity (Wildman–Crippen MR) is 75.6 cm³/mol. The molecule has 0 aromatic rings. The van der Waals surface area contributed by atoms with Crippen molar-refractivity contribution in [2.45, 2.75) is 66.2 Å². The number of ether oxygens (including phenoxy) is 1. The smallest absolute Gasteiger partial charge is 0.0853 e. The van der Waals surface area contributed by atoms with E-state index in [4.69, 9.17) is 5.73 Å². The summed E-state index contributed by atoms with van der Waals surface area (Å²) in [5.41, 5.74) is 5.31. The summed E-state index contributed by atoms with van der Waals surface area (Å²) in [6.45, 7) is 12.6. The van der Waals surface area contributed by atoms with Crippen molar-refractivity contribution in [3.05, 3.63) is 12.3 Å². The Balaban J connectivity index is -0.000000181. The van der Waals surface area contributed by atoms with E-state index in [1.165, 1.54) is 38.5 Å². The van der Waals surface area contributed by atoms with Crippen LogP contribution in [0.15, 0.2) is 12.3 Å². The van der Waals surface area contributed by atoms with Crippen LogP contribution in [0, 0.1) is 0 Å². The molecule has 0 spiro atoms. The number of allylic oxidation sites excluding steroid dienone is 1. The molecule has 0 aromatic carbocycles. The zero-order valence-electron chi connectivity index (χ0n) is 12.1. The van der Waals surface area contributed by atoms with Gasteiger partial charge < -0.3 is 10.5 Å². The van der Waals surface area contributed by atoms with E-state index in [2.05, 4.69) is 32.1 Å². The molecule has 0 amide bonds. The normalized spacial score (nSPS) is 8.12. The minimum atomic E-state index is 0.755. The zero-order valence-corrected chi connectivity index (χ0v) is 12.1. The van der Waals surface area contributed by atoms with E-state index in [9.17, 15) is 0 Å². The first-order chi connectivity index (χ1) is 7.60. The van der Waals surface area contributed by atoms with Gasteiger partial charge in [0.05, 0.1) is 12.9 Å². The van der Waals surface area contributed by atoms with Crippen LogP contribution in [0.1, 0.15) is 66.2 Å². The Bertz CT molecular complexity index is 107. The van der Waals surface area contributed by atoms with Crippen LogP contribution in [0.25, 0.3) is 0 Å². The minimum Gasteiger partial charge on any atom is -0.502 e. The quantitative estimate of drug-likeness (QED) is 0.539. The Morgan fingerprint density at radius 1 is 1.06 bits per heavy atom. The van der Waals surface area contributed by atoms with E-state index in [0.29, 0.717) is 0 Å². The van der Waals surface area contributed by atoms with Crippen molar-refractivity contribution < 1.29 is 4.74 Å². The van der Waals surface area contributed by atoms with Gasteiger partial charge in [-0.15, -0.1) is 0 Å². The highest BCUT2D eigenvalue weighted by atomic mass is 16.5. The molecule has 0 aliphatic carbocycles. The minimum absolute atomic E-state index is 0.755. The van der Waals surface area contributed by atoms with Crippen LogP contribution in [-0.2, 0) is 4.74 Å². The summed E-state index contributed by atoms with van der Waals surface area (Å²) < 4.78 is 4.56. The molecule has 0 fully saturated rings. The molecule has 0 aliphatic rings. The number of unbranched alkanes of at least 4 members (excludes halogenated alkanes) is 4. The number of rotatable bonds is 6. The molecule has 0 bridgehead atoms. The Kier molecular flexibility index (Phi) is 31.2. The second-order valence-corrected chi connectivity index (χ2v) is 3.82. The maximum atomic E-state index is 5.31. The Hall–Kier alpha value is -0.500. The molecule has 0 saturated heterocycles. The lowest BCUT2D eigenvalue weighted by molar-refractivity contribution is 0.295. The molecular weight excluding hydrogens is 198 g/mol. The average molecular weight is 231 g/mol. The second-order valence-electron chi connectivity index (χ2n) is 3.82. The van der Waals surface area contributed by atoms with Crippen molar-refractivity contribution in [2.75, 3.05) is 13.7 Å². The molecule has 100 valence electrons. The lowest BCUT2D eigenvalue weighted by Crippen LogP contribution is -1.97. The van der Waals surface area contributed by atoms with Gasteiger partial charge in [0.15, 0.2) is 0 Å². The van der Waals surface area contributed by atoms with Crippen molar-refractivity contribution in [1.82, 2.24) is 0 Å². The van der Waals surface area contributed by atoms with Crippen LogP contribution in [0.2, 0.25) is 0 Å². The third-order valence-corrected chi connectivity index (χ3v) is 1.66. The van der Waals surface area contributed by atoms with Crippen LogP contribution in [0.4, 0.5) is 0 Å². The molecule has 0 heterocycles. The molecule has 2 heteroatoms. The zero-order chi connectivity index (χ0) is 13.2. The van der Waals surface area contributed by atoms with E-state index in [0.717, 1.165) is 12.3 Å². The summed E-state index contributed by atoms with van der Waals surface area (Å²) in [6, 6.07) is 0. The van der Waals surface area contributed by atoms with Gasteiger partial charge in [-0.2, -0.15) is 0 Å². The summed E-state index contributed by atoms with van der Waals surface area (Å²) >= 11 is 0. The summed E-state index contributed by atoms with van der Waals surface area (Å²) in [6.07, 6.45) is 7.85. The fourth-order valence-corrected chi connectivity index (χ4v) is 0.748. The first-order valence-electron chi connectivity index (χ1n) is 6.50. The van der Waals surface area contributed by atoms with Crippen molar-refractivity contribution in [1.29, 1.82) is 0 Å². The number of hydrogen-bond donors (Lipinski definition) is 1. The van der Waals surface area contributed by atoms with Gasteiger partial charge in [-0.05, 0) is 19.9 Å². The Morgan fingerprint density at radius 3 is 1.69 bits per heavy atom. The van der Waals surface area contributed by atoms with E-state index < -0.39 is 0 Å². The summed E-state index contributed by atoms with van der Waals surface area (Å²) in [4.78, 5) is 0. The molecule has 0 atom stereocenters. The average Bonchev–Trinajstić information content (AvgIpc) is 2.26. The van der Waals surface area contributed by atoms with Gasteiger partial charge in [-0.3, -0.25) is 0 Å². The molecule has 2 N–H and O–H groups in total. The molecule has 0 rings (SSSR count). The number of nitrogens with two attached hydrogens (primary N) is 1. The van der Waals surface area contributed by atoms with Crippen molar-refractivity contribution >= 4 is 0 Å². The predicted octanol–water partition coefficient (Wildman–Crippen LogP) is 4.50. The number of methoxy groups -OCH3 is 1. The molecule has 0 aromatic heterocycles. The monoisotopic (exact) mass is 231 g/mol. The summed E-state index contributed by atoms with van der Waals surface area (Å²) in [5, 5.41) is 0. The maximum absolute atomic E-state index is 5.31. The van der Waals surface area contributed by atoms with Crippen molar-refractivity contribution in [3.8, 4) is 0 Å². The third-order valence-electron chi connectivity index (χ3n) is 1.66. The van der Waals surface area contributed by atoms with Gasteiger partial charge in [0.2, 0.25) is 0 Å². The van der Waals surface area contributed by atoms with E-state index in [1.807, 2.05) is 0 Å². The lowest BCUT2D eigenvalue weighted by Gasteiger charge is -1.93. The highest BCUT2D eigenvalue weighted by molar-refractivity contribution is 4.71. The number of hydrogen-bond acceptors (Lipinski definition) is 2. The van der Waals surface area contributed by atoms with E-state index >= 15 is 0 Å². The van der Waals surface area contributed by atoms with Crippen LogP contribution in [0.3, 0.4) is 0 Å². The maximum Gasteiger partial charge on any atom is 0.0853 e. The largest absolute Gasteiger partial charge is 0.502 e. The molecule has 0 saturated carbocycles. The standard InChI is InChI=1S/C7H17N.C4H8O.C3H8/c1-2-3-4-5-6-7-8;1-4(2)5-3;1-3-2/h2-8H2,1H3;1H2,2-3H3;3H2,1-2H3. The van der Waals surface area contributed by atoms with Crippen LogP contribution < -0.4 is 5.73 Å².